The Bertz CT molecular complexity index is 544. The van der Waals surface area contributed by atoms with Crippen molar-refractivity contribution < 1.29 is 14.7 Å². The fourth-order valence-electron chi connectivity index (χ4n) is 2.93. The van der Waals surface area contributed by atoms with Crippen molar-refractivity contribution in [2.24, 2.45) is 5.92 Å². The summed E-state index contributed by atoms with van der Waals surface area (Å²) in [6.07, 6.45) is 3.63. The lowest BCUT2D eigenvalue weighted by Crippen LogP contribution is -2.50. The first-order valence-electron chi connectivity index (χ1n) is 7.90. The van der Waals surface area contributed by atoms with Gasteiger partial charge in [0, 0.05) is 0 Å². The Balaban J connectivity index is 2.02. The molecule has 3 atom stereocenters. The van der Waals surface area contributed by atoms with E-state index in [4.69, 9.17) is 0 Å². The van der Waals surface area contributed by atoms with Crippen LogP contribution in [0, 0.1) is 5.92 Å². The summed E-state index contributed by atoms with van der Waals surface area (Å²) in [6, 6.07) is 6.78. The van der Waals surface area contributed by atoms with E-state index in [-0.39, 0.29) is 12.0 Å². The highest BCUT2D eigenvalue weighted by Gasteiger charge is 2.27. The van der Waals surface area contributed by atoms with Gasteiger partial charge in [0.15, 0.2) is 0 Å². The molecule has 3 N–H and O–H groups in total. The molecule has 22 heavy (non-hydrogen) atoms. The van der Waals surface area contributed by atoms with Gasteiger partial charge in [0.1, 0.15) is 6.04 Å². The van der Waals surface area contributed by atoms with Gasteiger partial charge >= 0.3 is 12.0 Å². The topological polar surface area (TPSA) is 78.4 Å². The van der Waals surface area contributed by atoms with Crippen molar-refractivity contribution in [3.63, 3.8) is 0 Å². The molecule has 0 aromatic heterocycles. The molecule has 2 rings (SSSR count). The van der Waals surface area contributed by atoms with Gasteiger partial charge in [-0.15, -0.1) is 0 Å². The zero-order chi connectivity index (χ0) is 16.1. The van der Waals surface area contributed by atoms with Crippen molar-refractivity contribution in [3.8, 4) is 0 Å². The summed E-state index contributed by atoms with van der Waals surface area (Å²) in [5.74, 6) is -1.10. The number of rotatable bonds is 5. The Labute approximate surface area is 131 Å². The number of fused-ring (bicyclic) bond motifs is 1. The van der Waals surface area contributed by atoms with Crippen LogP contribution < -0.4 is 10.6 Å². The van der Waals surface area contributed by atoms with Crippen LogP contribution in [0.15, 0.2) is 24.3 Å². The molecule has 5 heteroatoms. The second kappa shape index (κ2) is 7.29. The Morgan fingerprint density at radius 2 is 2.09 bits per heavy atom. The number of benzene rings is 1. The number of carboxylic acid groups (broad SMARTS) is 1. The summed E-state index contributed by atoms with van der Waals surface area (Å²) in [6.45, 7) is 3.74. The van der Waals surface area contributed by atoms with Crippen molar-refractivity contribution in [1.82, 2.24) is 10.6 Å². The first-order chi connectivity index (χ1) is 10.5. The van der Waals surface area contributed by atoms with Gasteiger partial charge in [0.2, 0.25) is 0 Å². The number of hydrogen-bond acceptors (Lipinski definition) is 2. The molecule has 0 bridgehead atoms. The predicted molar refractivity (Wildman–Crippen MR) is 84.7 cm³/mol. The zero-order valence-electron chi connectivity index (χ0n) is 13.1. The van der Waals surface area contributed by atoms with Gasteiger partial charge in [-0.05, 0) is 36.3 Å². The van der Waals surface area contributed by atoms with Gasteiger partial charge in [-0.1, -0.05) is 44.5 Å². The van der Waals surface area contributed by atoms with Gasteiger partial charge < -0.3 is 15.7 Å². The number of carboxylic acids is 1. The van der Waals surface area contributed by atoms with E-state index in [1.165, 1.54) is 5.56 Å². The van der Waals surface area contributed by atoms with Crippen LogP contribution >= 0.6 is 0 Å². The average Bonchev–Trinajstić information content (AvgIpc) is 2.52. The van der Waals surface area contributed by atoms with Crippen molar-refractivity contribution in [2.45, 2.75) is 51.6 Å². The molecular formula is C17H24N2O3. The average molecular weight is 304 g/mol. The smallest absolute Gasteiger partial charge is 0.326 e. The van der Waals surface area contributed by atoms with Crippen LogP contribution in [0.1, 0.15) is 50.3 Å². The SMILES string of the molecule is CCC(C)[C@H](NC(=O)NC1CCCc2ccccc21)C(=O)O. The maximum Gasteiger partial charge on any atom is 0.326 e. The molecule has 5 nitrogen and oxygen atoms in total. The molecule has 1 aromatic rings. The number of amides is 2. The highest BCUT2D eigenvalue weighted by Crippen LogP contribution is 2.29. The van der Waals surface area contributed by atoms with Crippen LogP contribution in [-0.2, 0) is 11.2 Å². The van der Waals surface area contributed by atoms with E-state index >= 15 is 0 Å². The van der Waals surface area contributed by atoms with Gasteiger partial charge in [-0.3, -0.25) is 0 Å². The van der Waals surface area contributed by atoms with Crippen LogP contribution in [-0.4, -0.2) is 23.1 Å². The van der Waals surface area contributed by atoms with E-state index in [2.05, 4.69) is 16.7 Å². The summed E-state index contributed by atoms with van der Waals surface area (Å²) < 4.78 is 0. The maximum atomic E-state index is 12.2. The molecule has 0 saturated carbocycles. The molecule has 0 radical (unpaired) electrons. The molecule has 1 aliphatic carbocycles. The van der Waals surface area contributed by atoms with Gasteiger partial charge in [0.25, 0.3) is 0 Å². The molecule has 2 unspecified atom stereocenters. The Morgan fingerprint density at radius 3 is 2.77 bits per heavy atom. The fraction of sp³-hybridized carbons (Fsp3) is 0.529. The Morgan fingerprint density at radius 1 is 1.36 bits per heavy atom. The van der Waals surface area contributed by atoms with E-state index in [1.807, 2.05) is 32.0 Å². The normalized spacial score (nSPS) is 19.6. The van der Waals surface area contributed by atoms with Crippen LogP contribution in [0.3, 0.4) is 0 Å². The molecule has 0 fully saturated rings. The van der Waals surface area contributed by atoms with Crippen LogP contribution in [0.4, 0.5) is 4.79 Å². The number of nitrogens with one attached hydrogen (secondary N) is 2. The Hall–Kier alpha value is -2.04. The summed E-state index contributed by atoms with van der Waals surface area (Å²) in [5.41, 5.74) is 2.40. The number of aryl methyl sites for hydroxylation is 1. The largest absolute Gasteiger partial charge is 0.480 e. The molecule has 1 aliphatic rings. The third-order valence-corrected chi connectivity index (χ3v) is 4.44. The summed E-state index contributed by atoms with van der Waals surface area (Å²) in [5, 5.41) is 14.8. The first kappa shape index (κ1) is 16.3. The monoisotopic (exact) mass is 304 g/mol. The van der Waals surface area contributed by atoms with Crippen molar-refractivity contribution in [1.29, 1.82) is 0 Å². The highest BCUT2D eigenvalue weighted by atomic mass is 16.4. The number of carbonyl (C=O) groups excluding carboxylic acids is 1. The highest BCUT2D eigenvalue weighted by molar-refractivity contribution is 5.83. The lowest BCUT2D eigenvalue weighted by atomic mass is 9.88. The molecule has 0 aliphatic heterocycles. The number of urea groups is 1. The molecule has 0 heterocycles. The quantitative estimate of drug-likeness (QED) is 0.782. The Kier molecular flexibility index (Phi) is 5.41. The second-order valence-electron chi connectivity index (χ2n) is 5.96. The number of carbonyl (C=O) groups is 2. The van der Waals surface area contributed by atoms with E-state index in [1.54, 1.807) is 0 Å². The van der Waals surface area contributed by atoms with Gasteiger partial charge in [-0.25, -0.2) is 9.59 Å². The van der Waals surface area contributed by atoms with E-state index in [0.29, 0.717) is 6.42 Å². The van der Waals surface area contributed by atoms with Gasteiger partial charge in [-0.2, -0.15) is 0 Å². The number of hydrogen-bond donors (Lipinski definition) is 3. The predicted octanol–water partition coefficient (Wildman–Crippen LogP) is 2.86. The zero-order valence-corrected chi connectivity index (χ0v) is 13.1. The molecule has 0 spiro atoms. The minimum Gasteiger partial charge on any atom is -0.480 e. The minimum absolute atomic E-state index is 0.0451. The summed E-state index contributed by atoms with van der Waals surface area (Å²) in [4.78, 5) is 23.5. The summed E-state index contributed by atoms with van der Waals surface area (Å²) in [7, 11) is 0. The second-order valence-corrected chi connectivity index (χ2v) is 5.96. The van der Waals surface area contributed by atoms with Crippen molar-refractivity contribution >= 4 is 12.0 Å². The molecular weight excluding hydrogens is 280 g/mol. The first-order valence-corrected chi connectivity index (χ1v) is 7.90. The third kappa shape index (κ3) is 3.78. The van der Waals surface area contributed by atoms with Crippen LogP contribution in [0.5, 0.6) is 0 Å². The van der Waals surface area contributed by atoms with Crippen molar-refractivity contribution in [3.05, 3.63) is 35.4 Å². The molecule has 1 aromatic carbocycles. The van der Waals surface area contributed by atoms with Crippen molar-refractivity contribution in [2.75, 3.05) is 0 Å². The molecule has 120 valence electrons. The lowest BCUT2D eigenvalue weighted by Gasteiger charge is -2.28. The molecule has 0 saturated heterocycles. The van der Waals surface area contributed by atoms with Crippen LogP contribution in [0.25, 0.3) is 0 Å². The van der Waals surface area contributed by atoms with Crippen LogP contribution in [0.2, 0.25) is 0 Å². The van der Waals surface area contributed by atoms with E-state index in [9.17, 15) is 14.7 Å². The lowest BCUT2D eigenvalue weighted by molar-refractivity contribution is -0.140. The fourth-order valence-corrected chi connectivity index (χ4v) is 2.93. The maximum absolute atomic E-state index is 12.2. The third-order valence-electron chi connectivity index (χ3n) is 4.44. The molecule has 2 amide bonds. The van der Waals surface area contributed by atoms with Gasteiger partial charge in [0.05, 0.1) is 6.04 Å². The summed E-state index contributed by atoms with van der Waals surface area (Å²) >= 11 is 0. The van der Waals surface area contributed by atoms with E-state index < -0.39 is 18.0 Å². The minimum atomic E-state index is -0.992. The van der Waals surface area contributed by atoms with E-state index in [0.717, 1.165) is 24.8 Å². The number of aliphatic carboxylic acids is 1. The standard InChI is InChI=1S/C17H24N2O3/c1-3-11(2)15(16(20)21)19-17(22)18-14-10-6-8-12-7-4-5-9-13(12)14/h4-5,7,9,11,14-15H,3,6,8,10H2,1-2H3,(H,20,21)(H2,18,19,22)/t11?,14?,15-/m0/s1.